The molecule has 2 rings (SSSR count). The highest BCUT2D eigenvalue weighted by Gasteiger charge is 2.24. The number of hydrogen-bond donors (Lipinski definition) is 1. The van der Waals surface area contributed by atoms with E-state index in [1.165, 1.54) is 0 Å². The zero-order valence-electron chi connectivity index (χ0n) is 10.9. The number of benzene rings is 1. The summed E-state index contributed by atoms with van der Waals surface area (Å²) < 4.78 is 30.4. The van der Waals surface area contributed by atoms with Crippen LogP contribution in [0.25, 0.3) is 0 Å². The molecule has 108 valence electrons. The number of anilines is 1. The van der Waals surface area contributed by atoms with Crippen molar-refractivity contribution in [3.63, 3.8) is 0 Å². The van der Waals surface area contributed by atoms with E-state index < -0.39 is 10.1 Å². The van der Waals surface area contributed by atoms with Gasteiger partial charge in [0.2, 0.25) is 0 Å². The topological polar surface area (TPSA) is 57.6 Å². The summed E-state index contributed by atoms with van der Waals surface area (Å²) in [6.45, 7) is 2.38. The van der Waals surface area contributed by atoms with Crippen LogP contribution in [0.1, 0.15) is 13.3 Å². The molecule has 0 saturated carbocycles. The van der Waals surface area contributed by atoms with Crippen LogP contribution >= 0.6 is 24.0 Å². The zero-order valence-corrected chi connectivity index (χ0v) is 13.4. The van der Waals surface area contributed by atoms with Gasteiger partial charge in [-0.05, 0) is 31.6 Å². The Morgan fingerprint density at radius 1 is 1.45 bits per heavy atom. The van der Waals surface area contributed by atoms with Crippen molar-refractivity contribution in [1.82, 2.24) is 0 Å². The van der Waals surface area contributed by atoms with Crippen LogP contribution in [0, 0.1) is 0 Å². The Hall–Kier alpha value is -0.890. The third-order valence-corrected chi connectivity index (χ3v) is 4.78. The van der Waals surface area contributed by atoms with Crippen molar-refractivity contribution in [2.45, 2.75) is 18.2 Å². The van der Waals surface area contributed by atoms with Gasteiger partial charge < -0.3 is 4.90 Å². The SMILES string of the molecule is CC(=S)C=C1Sc2ccccc2N1CCCS(=O)(=O)O. The molecule has 1 aliphatic heterocycles. The van der Waals surface area contributed by atoms with Gasteiger partial charge in [0.05, 0.1) is 16.5 Å². The first-order valence-corrected chi connectivity index (χ1v) is 8.92. The molecule has 0 radical (unpaired) electrons. The van der Waals surface area contributed by atoms with Gasteiger partial charge in [0.15, 0.2) is 0 Å². The molecule has 0 spiro atoms. The van der Waals surface area contributed by atoms with E-state index in [0.717, 1.165) is 20.5 Å². The molecule has 0 aromatic heterocycles. The number of nitrogens with zero attached hydrogens (tertiary/aromatic N) is 1. The quantitative estimate of drug-likeness (QED) is 0.509. The van der Waals surface area contributed by atoms with Crippen LogP contribution in [0.15, 0.2) is 40.3 Å². The third kappa shape index (κ3) is 4.05. The van der Waals surface area contributed by atoms with Crippen LogP contribution < -0.4 is 4.90 Å². The molecule has 0 saturated heterocycles. The van der Waals surface area contributed by atoms with Crippen molar-refractivity contribution in [1.29, 1.82) is 0 Å². The fourth-order valence-electron chi connectivity index (χ4n) is 1.97. The third-order valence-electron chi connectivity index (χ3n) is 2.75. The van der Waals surface area contributed by atoms with Gasteiger partial charge >= 0.3 is 0 Å². The van der Waals surface area contributed by atoms with Crippen LogP contribution in [-0.2, 0) is 10.1 Å². The molecule has 0 aliphatic carbocycles. The molecule has 0 atom stereocenters. The first-order valence-electron chi connectivity index (χ1n) is 6.09. The molecule has 1 aliphatic rings. The van der Waals surface area contributed by atoms with E-state index >= 15 is 0 Å². The minimum Gasteiger partial charge on any atom is -0.335 e. The van der Waals surface area contributed by atoms with Crippen molar-refractivity contribution in [3.05, 3.63) is 35.4 Å². The monoisotopic (exact) mass is 329 g/mol. The highest BCUT2D eigenvalue weighted by atomic mass is 32.2. The maximum Gasteiger partial charge on any atom is 0.264 e. The molecular formula is C13H15NO3S3. The predicted octanol–water partition coefficient (Wildman–Crippen LogP) is 3.11. The maximum atomic E-state index is 10.8. The summed E-state index contributed by atoms with van der Waals surface area (Å²) in [6, 6.07) is 7.93. The number of rotatable bonds is 5. The minimum atomic E-state index is -3.91. The highest BCUT2D eigenvalue weighted by molar-refractivity contribution is 8.03. The Morgan fingerprint density at radius 2 is 2.15 bits per heavy atom. The second-order valence-electron chi connectivity index (χ2n) is 4.45. The Bertz CT molecular complexity index is 653. The van der Waals surface area contributed by atoms with Crippen LogP contribution in [0.4, 0.5) is 5.69 Å². The molecule has 0 unspecified atom stereocenters. The maximum absolute atomic E-state index is 10.8. The summed E-state index contributed by atoms with van der Waals surface area (Å²) in [5.41, 5.74) is 1.05. The van der Waals surface area contributed by atoms with Crippen molar-refractivity contribution in [2.75, 3.05) is 17.2 Å². The Kier molecular flexibility index (Phi) is 4.85. The molecule has 1 aromatic rings. The largest absolute Gasteiger partial charge is 0.335 e. The summed E-state index contributed by atoms with van der Waals surface area (Å²) in [6.07, 6.45) is 2.27. The molecule has 7 heteroatoms. The lowest BCUT2D eigenvalue weighted by Crippen LogP contribution is -2.21. The standard InChI is InChI=1S/C13H15NO3S3/c1-10(18)9-13-14(7-4-8-20(15,16)17)11-5-2-3-6-12(11)19-13/h2-3,5-6,9H,4,7-8H2,1H3,(H,15,16,17). The van der Waals surface area contributed by atoms with E-state index in [1.54, 1.807) is 11.8 Å². The van der Waals surface area contributed by atoms with Crippen LogP contribution in [0.2, 0.25) is 0 Å². The van der Waals surface area contributed by atoms with E-state index in [-0.39, 0.29) is 5.75 Å². The van der Waals surface area contributed by atoms with Gasteiger partial charge in [0, 0.05) is 16.3 Å². The van der Waals surface area contributed by atoms with Crippen LogP contribution in [0.5, 0.6) is 0 Å². The summed E-state index contributed by atoms with van der Waals surface area (Å²) in [5, 5.41) is 0.994. The number of thioether (sulfide) groups is 1. The summed E-state index contributed by atoms with van der Waals surface area (Å²) in [4.78, 5) is 3.95. The van der Waals surface area contributed by atoms with Crippen molar-refractivity contribution in [2.24, 2.45) is 0 Å². The molecule has 1 N–H and O–H groups in total. The van der Waals surface area contributed by atoms with Crippen molar-refractivity contribution >= 4 is 44.6 Å². The molecular weight excluding hydrogens is 314 g/mol. The number of thiocarbonyl (C=S) groups is 1. The van der Waals surface area contributed by atoms with E-state index in [2.05, 4.69) is 0 Å². The van der Waals surface area contributed by atoms with E-state index in [4.69, 9.17) is 16.8 Å². The van der Waals surface area contributed by atoms with E-state index in [9.17, 15) is 8.42 Å². The Balaban J connectivity index is 2.19. The summed E-state index contributed by atoms with van der Waals surface area (Å²) in [5.74, 6) is -0.236. The predicted molar refractivity (Wildman–Crippen MR) is 87.0 cm³/mol. The minimum absolute atomic E-state index is 0.236. The molecule has 1 aromatic carbocycles. The normalized spacial score (nSPS) is 16.5. The smallest absolute Gasteiger partial charge is 0.264 e. The number of fused-ring (bicyclic) bond motifs is 1. The van der Waals surface area contributed by atoms with E-state index in [0.29, 0.717) is 13.0 Å². The lowest BCUT2D eigenvalue weighted by molar-refractivity contribution is 0.481. The zero-order chi connectivity index (χ0) is 14.8. The van der Waals surface area contributed by atoms with Crippen LogP contribution in [-0.4, -0.2) is 30.1 Å². The molecule has 0 amide bonds. The van der Waals surface area contributed by atoms with Crippen LogP contribution in [0.3, 0.4) is 0 Å². The average molecular weight is 329 g/mol. The molecule has 20 heavy (non-hydrogen) atoms. The first kappa shape index (κ1) is 15.5. The Morgan fingerprint density at radius 3 is 2.80 bits per heavy atom. The highest BCUT2D eigenvalue weighted by Crippen LogP contribution is 2.45. The van der Waals surface area contributed by atoms with Gasteiger partial charge in [-0.3, -0.25) is 4.55 Å². The number of hydrogen-bond acceptors (Lipinski definition) is 5. The second-order valence-corrected chi connectivity index (χ2v) is 7.73. The summed E-state index contributed by atoms with van der Waals surface area (Å²) >= 11 is 6.73. The van der Waals surface area contributed by atoms with Gasteiger partial charge in [-0.15, -0.1) is 0 Å². The van der Waals surface area contributed by atoms with Gasteiger partial charge in [-0.25, -0.2) is 0 Å². The molecule has 1 heterocycles. The van der Waals surface area contributed by atoms with E-state index in [1.807, 2.05) is 42.2 Å². The molecule has 4 nitrogen and oxygen atoms in total. The summed E-state index contributed by atoms with van der Waals surface area (Å²) in [7, 11) is -3.91. The van der Waals surface area contributed by atoms with Gasteiger partial charge in [0.25, 0.3) is 10.1 Å². The molecule has 0 bridgehead atoms. The van der Waals surface area contributed by atoms with Crippen molar-refractivity contribution < 1.29 is 13.0 Å². The van der Waals surface area contributed by atoms with Gasteiger partial charge in [-0.2, -0.15) is 8.42 Å². The number of allylic oxidation sites excluding steroid dienone is 1. The first-order chi connectivity index (χ1) is 9.37. The van der Waals surface area contributed by atoms with Gasteiger partial charge in [-0.1, -0.05) is 36.1 Å². The van der Waals surface area contributed by atoms with Crippen molar-refractivity contribution in [3.8, 4) is 0 Å². The lowest BCUT2D eigenvalue weighted by atomic mass is 10.3. The second kappa shape index (κ2) is 6.26. The fraction of sp³-hybridized carbons (Fsp3) is 0.308. The molecule has 0 fully saturated rings. The van der Waals surface area contributed by atoms with Gasteiger partial charge in [0.1, 0.15) is 0 Å². The Labute approximate surface area is 128 Å². The fourth-order valence-corrected chi connectivity index (χ4v) is 3.84. The average Bonchev–Trinajstić information content (AvgIpc) is 2.65. The lowest BCUT2D eigenvalue weighted by Gasteiger charge is -2.20. The number of para-hydroxylation sites is 1.